The van der Waals surface area contributed by atoms with E-state index >= 15 is 0 Å². The highest BCUT2D eigenvalue weighted by atomic mass is 16.1. The normalized spacial score (nSPS) is 9.44. The molecule has 44 valence electrons. The van der Waals surface area contributed by atoms with Crippen molar-refractivity contribution in [2.45, 2.75) is 6.92 Å². The molecule has 0 unspecified atom stereocenters. The quantitative estimate of drug-likeness (QED) is 0.440. The maximum atomic E-state index is 10.5. The molecule has 1 aromatic heterocycles. The lowest BCUT2D eigenvalue weighted by atomic mass is 10.1. The Labute approximate surface area is 53.5 Å². The van der Waals surface area contributed by atoms with Gasteiger partial charge in [-0.1, -0.05) is 0 Å². The van der Waals surface area contributed by atoms with Crippen LogP contribution in [0.4, 0.5) is 0 Å². The highest BCUT2D eigenvalue weighted by molar-refractivity contribution is 6.30. The van der Waals surface area contributed by atoms with Crippen LogP contribution in [0.5, 0.6) is 0 Å². The molecule has 0 saturated heterocycles. The Morgan fingerprint density at radius 1 is 1.78 bits per heavy atom. The molecule has 1 N–H and O–H groups in total. The smallest absolute Gasteiger partial charge is 0.250 e. The molecule has 0 atom stereocenters. The Kier molecular flexibility index (Phi) is 1.38. The fourth-order valence-corrected chi connectivity index (χ4v) is 0.603. The molecule has 3 nitrogen and oxygen atoms in total. The van der Waals surface area contributed by atoms with Gasteiger partial charge in [-0.3, -0.25) is 9.78 Å². The fraction of sp³-hybridized carbons (Fsp3) is 0.200. The number of aromatic nitrogens is 2. The lowest BCUT2D eigenvalue weighted by Gasteiger charge is -1.91. The van der Waals surface area contributed by atoms with Crippen LogP contribution in [0, 0.1) is 6.92 Å². The molecule has 1 rings (SSSR count). The van der Waals surface area contributed by atoms with Crippen LogP contribution in [-0.2, 0) is 0 Å². The summed E-state index contributed by atoms with van der Waals surface area (Å²) in [5.74, 6) is 0.542. The molecule has 0 saturated carbocycles. The van der Waals surface area contributed by atoms with E-state index in [1.165, 1.54) is 6.07 Å². The second kappa shape index (κ2) is 2.05. The van der Waals surface area contributed by atoms with Gasteiger partial charge in [-0.2, -0.15) is 0 Å². The van der Waals surface area contributed by atoms with Crippen LogP contribution in [0.2, 0.25) is 0 Å². The van der Waals surface area contributed by atoms with Crippen molar-refractivity contribution < 1.29 is 0 Å². The summed E-state index contributed by atoms with van der Waals surface area (Å²) in [6.07, 6.45) is 0. The van der Waals surface area contributed by atoms with E-state index in [0.717, 1.165) is 0 Å². The second-order valence-corrected chi connectivity index (χ2v) is 1.76. The average Bonchev–Trinajstić information content (AvgIpc) is 1.59. The molecular weight excluding hydrogens is 115 g/mol. The van der Waals surface area contributed by atoms with E-state index in [1.807, 2.05) is 0 Å². The lowest BCUT2D eigenvalue weighted by Crippen LogP contribution is -2.20. The lowest BCUT2D eigenvalue weighted by molar-refractivity contribution is 1.04. The van der Waals surface area contributed by atoms with Crippen molar-refractivity contribution in [1.82, 2.24) is 9.97 Å². The average molecular weight is 120 g/mol. The first-order valence-corrected chi connectivity index (χ1v) is 2.52. The summed E-state index contributed by atoms with van der Waals surface area (Å²) in [5, 5.41) is 0. The van der Waals surface area contributed by atoms with Crippen LogP contribution in [0.15, 0.2) is 10.9 Å². The highest BCUT2D eigenvalue weighted by Crippen LogP contribution is 1.70. The second-order valence-electron chi connectivity index (χ2n) is 1.76. The Morgan fingerprint density at radius 3 is 2.89 bits per heavy atom. The minimum atomic E-state index is -0.208. The van der Waals surface area contributed by atoms with Crippen molar-refractivity contribution in [2.75, 3.05) is 0 Å². The van der Waals surface area contributed by atoms with Gasteiger partial charge >= 0.3 is 0 Å². The first-order chi connectivity index (χ1) is 4.18. The number of nitrogens with one attached hydrogen (secondary N) is 1. The number of nitrogens with zero attached hydrogens (tertiary/aromatic N) is 1. The van der Waals surface area contributed by atoms with Gasteiger partial charge in [-0.15, -0.1) is 0 Å². The van der Waals surface area contributed by atoms with Gasteiger partial charge in [-0.05, 0) is 12.5 Å². The molecular formula is C5H5BN2O. The van der Waals surface area contributed by atoms with Gasteiger partial charge in [0.05, 0.1) is 0 Å². The molecule has 0 amide bonds. The topological polar surface area (TPSA) is 45.8 Å². The molecule has 4 heteroatoms. The van der Waals surface area contributed by atoms with E-state index in [0.29, 0.717) is 5.82 Å². The van der Waals surface area contributed by atoms with Gasteiger partial charge in [0.15, 0.2) is 0 Å². The predicted molar refractivity (Wildman–Crippen MR) is 35.0 cm³/mol. The van der Waals surface area contributed by atoms with Gasteiger partial charge in [-0.25, -0.2) is 0 Å². The van der Waals surface area contributed by atoms with Crippen LogP contribution in [0.25, 0.3) is 0 Å². The zero-order chi connectivity index (χ0) is 6.85. The molecule has 0 spiro atoms. The third kappa shape index (κ3) is 1.42. The fourth-order valence-electron chi connectivity index (χ4n) is 0.603. The predicted octanol–water partition coefficient (Wildman–Crippen LogP) is -1.13. The molecule has 0 aliphatic rings. The highest BCUT2D eigenvalue weighted by Gasteiger charge is 1.88. The minimum Gasteiger partial charge on any atom is -0.311 e. The third-order valence-corrected chi connectivity index (χ3v) is 0.880. The summed E-state index contributed by atoms with van der Waals surface area (Å²) in [7, 11) is 5.23. The van der Waals surface area contributed by atoms with Crippen molar-refractivity contribution in [2.24, 2.45) is 0 Å². The summed E-state index contributed by atoms with van der Waals surface area (Å²) in [6, 6.07) is 1.24. The van der Waals surface area contributed by atoms with E-state index in [9.17, 15) is 4.79 Å². The molecule has 1 heterocycles. The van der Waals surface area contributed by atoms with E-state index < -0.39 is 0 Å². The van der Waals surface area contributed by atoms with Gasteiger partial charge < -0.3 is 4.98 Å². The van der Waals surface area contributed by atoms with E-state index in [-0.39, 0.29) is 11.2 Å². The number of hydrogen-bond acceptors (Lipinski definition) is 2. The van der Waals surface area contributed by atoms with Gasteiger partial charge in [0.1, 0.15) is 13.7 Å². The molecule has 0 aliphatic carbocycles. The Hall–Kier alpha value is -1.06. The Balaban J connectivity index is 3.33. The molecule has 9 heavy (non-hydrogen) atoms. The van der Waals surface area contributed by atoms with Crippen molar-refractivity contribution in [1.29, 1.82) is 0 Å². The van der Waals surface area contributed by atoms with E-state index in [2.05, 4.69) is 9.97 Å². The first-order valence-electron chi connectivity index (χ1n) is 2.52. The zero-order valence-electron chi connectivity index (χ0n) is 5.01. The summed E-state index contributed by atoms with van der Waals surface area (Å²) in [4.78, 5) is 16.8. The summed E-state index contributed by atoms with van der Waals surface area (Å²) >= 11 is 0. The molecule has 1 aromatic rings. The standard InChI is InChI=1S/C5H5BN2O/c1-3-7-4(6)2-5(9)8-3/h2H,1H3,(H,7,8,9). The maximum absolute atomic E-state index is 10.5. The summed E-state index contributed by atoms with van der Waals surface area (Å²) < 4.78 is 0. The molecule has 0 fully saturated rings. The number of H-pyrrole nitrogens is 1. The monoisotopic (exact) mass is 120 g/mol. The van der Waals surface area contributed by atoms with Crippen LogP contribution in [0.3, 0.4) is 0 Å². The minimum absolute atomic E-state index is 0.208. The van der Waals surface area contributed by atoms with Crippen LogP contribution in [0.1, 0.15) is 5.82 Å². The van der Waals surface area contributed by atoms with E-state index in [4.69, 9.17) is 7.85 Å². The number of hydrogen-bond donors (Lipinski definition) is 1. The molecule has 0 aliphatic heterocycles. The SMILES string of the molecule is [B]c1cc(=O)[nH]c(C)n1. The maximum Gasteiger partial charge on any atom is 0.250 e. The number of rotatable bonds is 0. The summed E-state index contributed by atoms with van der Waals surface area (Å²) in [5.41, 5.74) is 0.0521. The zero-order valence-corrected chi connectivity index (χ0v) is 5.01. The Bertz CT molecular complexity index is 245. The van der Waals surface area contributed by atoms with Gasteiger partial charge in [0.25, 0.3) is 0 Å². The van der Waals surface area contributed by atoms with Gasteiger partial charge in [0, 0.05) is 6.07 Å². The van der Waals surface area contributed by atoms with Crippen LogP contribution in [-0.4, -0.2) is 17.8 Å². The van der Waals surface area contributed by atoms with Crippen molar-refractivity contribution in [3.8, 4) is 0 Å². The van der Waals surface area contributed by atoms with Crippen molar-refractivity contribution in [3.63, 3.8) is 0 Å². The number of aryl methyl sites for hydroxylation is 1. The van der Waals surface area contributed by atoms with Crippen molar-refractivity contribution >= 4 is 13.4 Å². The van der Waals surface area contributed by atoms with Crippen LogP contribution >= 0.6 is 0 Å². The molecule has 2 radical (unpaired) electrons. The van der Waals surface area contributed by atoms with E-state index in [1.54, 1.807) is 6.92 Å². The molecule has 0 bridgehead atoms. The molecule has 0 aromatic carbocycles. The largest absolute Gasteiger partial charge is 0.311 e. The number of aromatic amines is 1. The van der Waals surface area contributed by atoms with Crippen molar-refractivity contribution in [3.05, 3.63) is 22.2 Å². The summed E-state index contributed by atoms with van der Waals surface area (Å²) in [6.45, 7) is 1.68. The van der Waals surface area contributed by atoms with Gasteiger partial charge in [0.2, 0.25) is 5.56 Å². The Morgan fingerprint density at radius 2 is 2.44 bits per heavy atom. The first kappa shape index (κ1) is 6.07. The van der Waals surface area contributed by atoms with Crippen LogP contribution < -0.4 is 11.2 Å². The third-order valence-electron chi connectivity index (χ3n) is 0.880.